The van der Waals surface area contributed by atoms with Gasteiger partial charge in [-0.3, -0.25) is 19.4 Å². The van der Waals surface area contributed by atoms with Gasteiger partial charge >= 0.3 is 11.9 Å². The summed E-state index contributed by atoms with van der Waals surface area (Å²) in [5.74, 6) is -1.32. The number of H-pyrrole nitrogens is 2. The van der Waals surface area contributed by atoms with E-state index in [2.05, 4.69) is 38.0 Å². The summed E-state index contributed by atoms with van der Waals surface area (Å²) in [6, 6.07) is 11.3. The Balaban J connectivity index is 1.33. The second-order valence-corrected chi connectivity index (χ2v) is 16.9. The topological polar surface area (TPSA) is 151 Å². The van der Waals surface area contributed by atoms with E-state index in [0.29, 0.717) is 37.8 Å². The third kappa shape index (κ3) is 4.61. The Morgan fingerprint density at radius 1 is 1.06 bits per heavy atom. The van der Waals surface area contributed by atoms with Crippen molar-refractivity contribution in [3.63, 3.8) is 0 Å². The van der Waals surface area contributed by atoms with E-state index < -0.39 is 34.7 Å². The number of likely N-dealkylation sites (N-methyl/N-ethyl adjacent to an activating group) is 1. The van der Waals surface area contributed by atoms with Gasteiger partial charge in [0, 0.05) is 82.7 Å². The van der Waals surface area contributed by atoms with Crippen LogP contribution >= 0.6 is 0 Å². The molecule has 1 saturated carbocycles. The fourth-order valence-electron chi connectivity index (χ4n) is 12.5. The number of phenols is 1. The highest BCUT2D eigenvalue weighted by molar-refractivity contribution is 5.95. The van der Waals surface area contributed by atoms with Crippen LogP contribution in [0.3, 0.4) is 0 Å². The predicted molar refractivity (Wildman–Crippen MR) is 204 cm³/mol. The number of aliphatic hydroxyl groups excluding tert-OH is 2. The van der Waals surface area contributed by atoms with Crippen LogP contribution < -0.4 is 0 Å². The number of nitrogens with zero attached hydrogens (tertiary/aromatic N) is 2. The fourth-order valence-corrected chi connectivity index (χ4v) is 12.5. The van der Waals surface area contributed by atoms with Crippen molar-refractivity contribution in [1.82, 2.24) is 19.8 Å². The summed E-state index contributed by atoms with van der Waals surface area (Å²) >= 11 is 0. The van der Waals surface area contributed by atoms with Crippen molar-refractivity contribution in [1.29, 1.82) is 0 Å². The van der Waals surface area contributed by atoms with Gasteiger partial charge in [0.2, 0.25) is 0 Å². The number of phenolic OH excluding ortho intramolecular Hbond substituents is 1. The molecule has 0 radical (unpaired) electrons. The molecule has 0 amide bonds. The zero-order valence-electron chi connectivity index (χ0n) is 31.8. The van der Waals surface area contributed by atoms with Crippen molar-refractivity contribution >= 4 is 33.7 Å². The summed E-state index contributed by atoms with van der Waals surface area (Å²) in [6.45, 7) is 5.70. The summed E-state index contributed by atoms with van der Waals surface area (Å²) in [5.41, 5.74) is 5.09. The molecule has 4 aliphatic heterocycles. The van der Waals surface area contributed by atoms with Crippen LogP contribution in [0, 0.1) is 23.2 Å². The van der Waals surface area contributed by atoms with E-state index in [1.54, 1.807) is 6.07 Å². The monoisotopic (exact) mass is 736 g/mol. The highest BCUT2D eigenvalue weighted by atomic mass is 16.5. The number of ether oxygens (including phenoxy) is 2. The molecule has 2 aromatic heterocycles. The third-order valence-electron chi connectivity index (χ3n) is 14.6. The molecule has 286 valence electrons. The lowest BCUT2D eigenvalue weighted by Gasteiger charge is -2.58. The van der Waals surface area contributed by atoms with Crippen molar-refractivity contribution in [2.45, 2.75) is 75.5 Å². The van der Waals surface area contributed by atoms with Crippen LogP contribution in [0.25, 0.3) is 21.8 Å². The van der Waals surface area contributed by atoms with Gasteiger partial charge in [0.1, 0.15) is 16.6 Å². The molecule has 2 unspecified atom stereocenters. The van der Waals surface area contributed by atoms with Crippen molar-refractivity contribution in [2.24, 2.45) is 23.2 Å². The summed E-state index contributed by atoms with van der Waals surface area (Å²) in [6.07, 6.45) is 4.56. The van der Waals surface area contributed by atoms with E-state index in [0.717, 1.165) is 69.4 Å². The van der Waals surface area contributed by atoms with Crippen LogP contribution in [0.4, 0.5) is 0 Å². The lowest BCUT2D eigenvalue weighted by atomic mass is 9.56. The van der Waals surface area contributed by atoms with E-state index in [1.807, 2.05) is 39.1 Å². The number of methoxy groups -OCH3 is 2. The number of carbonyl (C=O) groups is 2. The summed E-state index contributed by atoms with van der Waals surface area (Å²) < 4.78 is 11.3. The maximum Gasteiger partial charge on any atom is 0.319 e. The van der Waals surface area contributed by atoms with Crippen LogP contribution in [0.15, 0.2) is 48.0 Å². The number of hydrogen-bond donors (Lipinski definition) is 5. The normalized spacial score (nSPS) is 34.5. The lowest BCUT2D eigenvalue weighted by Crippen LogP contribution is -2.68. The van der Waals surface area contributed by atoms with Crippen LogP contribution in [0.1, 0.15) is 67.1 Å². The van der Waals surface area contributed by atoms with Gasteiger partial charge in [0.15, 0.2) is 0 Å². The molecule has 0 spiro atoms. The SMILES string of the molecule is C/C=C1/CN(C)[C@H]2Cc3c([nH]c4ccccc34)[C@H](c3c(O)ccc4c5c([nH]c34)[C@]3(C(=O)OC)C[C@H]4C[C@H]([C@H](C)O)[C@@H]3N(CC5)C4)C[C@@H]1C2(CO)C(=O)OC. The molecular formula is C43H52N4O7. The molecule has 11 heteroatoms. The Bertz CT molecular complexity index is 2200. The molecule has 11 nitrogen and oxygen atoms in total. The number of para-hydroxylation sites is 1. The number of nitrogens with one attached hydrogen (secondary N) is 2. The smallest absolute Gasteiger partial charge is 0.319 e. The summed E-state index contributed by atoms with van der Waals surface area (Å²) in [7, 11) is 4.87. The minimum Gasteiger partial charge on any atom is -0.508 e. The zero-order valence-corrected chi connectivity index (χ0v) is 31.8. The molecule has 4 aromatic rings. The largest absolute Gasteiger partial charge is 0.508 e. The van der Waals surface area contributed by atoms with Crippen molar-refractivity contribution in [2.75, 3.05) is 47.5 Å². The van der Waals surface area contributed by atoms with E-state index in [4.69, 9.17) is 9.47 Å². The van der Waals surface area contributed by atoms with Crippen LogP contribution in [0.2, 0.25) is 0 Å². The molecular weight excluding hydrogens is 684 g/mol. The molecule has 5 N–H and O–H groups in total. The van der Waals surface area contributed by atoms with Crippen molar-refractivity contribution in [3.8, 4) is 5.75 Å². The van der Waals surface area contributed by atoms with Crippen molar-refractivity contribution < 1.29 is 34.4 Å². The maximum absolute atomic E-state index is 14.4. The number of esters is 2. The molecule has 2 aromatic carbocycles. The van der Waals surface area contributed by atoms with Gasteiger partial charge in [0.25, 0.3) is 0 Å². The first-order chi connectivity index (χ1) is 26.0. The predicted octanol–water partition coefficient (Wildman–Crippen LogP) is 4.52. The van der Waals surface area contributed by atoms with Crippen LogP contribution in [0.5, 0.6) is 5.75 Å². The number of likely N-dealkylation sites (tertiary alicyclic amines) is 1. The Morgan fingerprint density at radius 2 is 1.83 bits per heavy atom. The maximum atomic E-state index is 14.4. The summed E-state index contributed by atoms with van der Waals surface area (Å²) in [5, 5.41) is 36.7. The van der Waals surface area contributed by atoms with Gasteiger partial charge < -0.3 is 34.8 Å². The number of aromatic amines is 2. The highest BCUT2D eigenvalue weighted by Crippen LogP contribution is 2.58. The Labute approximate surface area is 315 Å². The summed E-state index contributed by atoms with van der Waals surface area (Å²) in [4.78, 5) is 40.8. The Morgan fingerprint density at radius 3 is 2.56 bits per heavy atom. The van der Waals surface area contributed by atoms with E-state index in [9.17, 15) is 24.9 Å². The molecule has 4 fully saturated rings. The average molecular weight is 737 g/mol. The van der Waals surface area contributed by atoms with Gasteiger partial charge in [0.05, 0.1) is 32.4 Å². The second-order valence-electron chi connectivity index (χ2n) is 16.9. The van der Waals surface area contributed by atoms with Gasteiger partial charge in [-0.15, -0.1) is 0 Å². The van der Waals surface area contributed by atoms with Gasteiger partial charge in [-0.1, -0.05) is 29.8 Å². The first-order valence-electron chi connectivity index (χ1n) is 19.5. The minimum absolute atomic E-state index is 0.0945. The first kappa shape index (κ1) is 35.5. The number of aromatic hydroxyl groups is 1. The number of rotatable bonds is 5. The first-order valence-corrected chi connectivity index (χ1v) is 19.5. The van der Waals surface area contributed by atoms with Gasteiger partial charge in [-0.2, -0.15) is 0 Å². The van der Waals surface area contributed by atoms with E-state index in [-0.39, 0.29) is 42.2 Å². The van der Waals surface area contributed by atoms with Gasteiger partial charge in [-0.25, -0.2) is 0 Å². The fraction of sp³-hybridized carbons (Fsp3) is 0.535. The lowest BCUT2D eigenvalue weighted by molar-refractivity contribution is -0.169. The Kier molecular flexibility index (Phi) is 8.35. The average Bonchev–Trinajstić information content (AvgIpc) is 3.71. The number of carbonyl (C=O) groups excluding carboxylic acids is 2. The molecule has 2 aliphatic carbocycles. The minimum atomic E-state index is -1.26. The molecule has 6 bridgehead atoms. The number of hydrogen-bond acceptors (Lipinski definition) is 9. The number of fused-ring (bicyclic) bond motifs is 9. The highest BCUT2D eigenvalue weighted by Gasteiger charge is 2.64. The van der Waals surface area contributed by atoms with E-state index in [1.165, 1.54) is 14.2 Å². The molecule has 54 heavy (non-hydrogen) atoms. The quantitative estimate of drug-likeness (QED) is 0.147. The van der Waals surface area contributed by atoms with Crippen LogP contribution in [-0.4, -0.2) is 113 Å². The van der Waals surface area contributed by atoms with E-state index >= 15 is 0 Å². The number of aliphatic hydroxyl groups is 2. The molecule has 6 aliphatic rings. The zero-order chi connectivity index (χ0) is 37.8. The molecule has 10 atom stereocenters. The Hall–Kier alpha value is -4.16. The number of aromatic nitrogens is 2. The standard InChI is InChI=1S/C43H52N4O7/c1-6-24-20-46(3)34-17-29-25-9-7-8-10-32(25)44-36(29)30(16-31(24)43(34,21-48)41(52)54-5)35-33(50)12-11-26-27-13-14-47-19-23-15-28(22(2)49)39(47)42(18-23,40(51)53-4)38(27)45-37(26)35/h6-12,22-23,28,30-31,34,39,44-45,48-50H,13-21H2,1-5H3/b24-6-/t22-,23+,28+,30-,31-,34-,39-,42+,43?/m0/s1. The third-order valence-corrected chi connectivity index (χ3v) is 14.6. The van der Waals surface area contributed by atoms with Crippen LogP contribution in [-0.2, 0) is 37.3 Å². The molecule has 10 rings (SSSR count). The molecule has 6 heterocycles. The van der Waals surface area contributed by atoms with Gasteiger partial charge in [-0.05, 0) is 88.2 Å². The molecule has 3 saturated heterocycles. The second kappa shape index (κ2) is 12.7. The number of benzene rings is 2. The number of allylic oxidation sites excluding steroid dienone is 1. The number of piperidine rings is 3. The van der Waals surface area contributed by atoms with Crippen molar-refractivity contribution in [3.05, 3.63) is 76.1 Å².